The van der Waals surface area contributed by atoms with Crippen molar-refractivity contribution < 1.29 is 29.0 Å². The van der Waals surface area contributed by atoms with Gasteiger partial charge in [0.2, 0.25) is 0 Å². The van der Waals surface area contributed by atoms with Crippen LogP contribution in [-0.4, -0.2) is 40.3 Å². The summed E-state index contributed by atoms with van der Waals surface area (Å²) in [6.07, 6.45) is 1.51. The van der Waals surface area contributed by atoms with Crippen molar-refractivity contribution in [2.45, 2.75) is 52.7 Å². The number of aryl methyl sites for hydroxylation is 1. The Balaban J connectivity index is 1.68. The summed E-state index contributed by atoms with van der Waals surface area (Å²) in [7, 11) is 0. The lowest BCUT2D eigenvalue weighted by Crippen LogP contribution is -2.29. The molecule has 1 aromatic heterocycles. The number of amides is 1. The van der Waals surface area contributed by atoms with E-state index in [4.69, 9.17) is 9.47 Å². The van der Waals surface area contributed by atoms with Gasteiger partial charge in [-0.3, -0.25) is 19.3 Å². The van der Waals surface area contributed by atoms with Gasteiger partial charge in [0.05, 0.1) is 28.8 Å². The average Bonchev–Trinajstić information content (AvgIpc) is 3.54. The highest BCUT2D eigenvalue weighted by Gasteiger charge is 2.48. The molecule has 0 saturated carbocycles. The second-order valence-electron chi connectivity index (χ2n) is 9.51. The summed E-state index contributed by atoms with van der Waals surface area (Å²) in [5.74, 6) is -0.782. The summed E-state index contributed by atoms with van der Waals surface area (Å²) in [6.45, 7) is 7.59. The van der Waals surface area contributed by atoms with Crippen molar-refractivity contribution in [2.75, 3.05) is 11.5 Å². The Morgan fingerprint density at radius 2 is 2.03 bits per heavy atom. The fraction of sp³-hybridized carbons (Fsp3) is 0.310. The van der Waals surface area contributed by atoms with E-state index in [1.54, 1.807) is 49.4 Å². The number of aliphatic hydroxyl groups is 1. The Bertz CT molecular complexity index is 1490. The molecule has 3 aromatic rings. The summed E-state index contributed by atoms with van der Waals surface area (Å²) >= 11 is 1.05. The van der Waals surface area contributed by atoms with Crippen molar-refractivity contribution in [1.29, 1.82) is 0 Å². The number of Topliss-reactive ketones (excluding diaryl/α,β-unsaturated/α-hetero) is 2. The van der Waals surface area contributed by atoms with Crippen molar-refractivity contribution in [3.63, 3.8) is 0 Å². The lowest BCUT2D eigenvalue weighted by Gasteiger charge is -2.23. The van der Waals surface area contributed by atoms with Crippen molar-refractivity contribution >= 4 is 39.7 Å². The van der Waals surface area contributed by atoms with E-state index in [1.165, 1.54) is 11.8 Å². The van der Waals surface area contributed by atoms with Gasteiger partial charge in [-0.05, 0) is 61.7 Å². The predicted molar refractivity (Wildman–Crippen MR) is 144 cm³/mol. The number of thiazole rings is 1. The molecule has 196 valence electrons. The SMILES string of the molecule is CCCOc1cccc(C2C(=C(O)c3ccc4c(c3)CC(C)O4)C(=O)C(=O)N2c2nc(C)c(C(C)=O)s2)c1. The number of anilines is 1. The maximum atomic E-state index is 13.5. The maximum absolute atomic E-state index is 13.5. The van der Waals surface area contributed by atoms with Gasteiger partial charge in [-0.1, -0.05) is 30.4 Å². The molecule has 8 nitrogen and oxygen atoms in total. The van der Waals surface area contributed by atoms with Gasteiger partial charge in [0, 0.05) is 18.9 Å². The number of ketones is 2. The number of rotatable bonds is 7. The zero-order valence-electron chi connectivity index (χ0n) is 21.6. The standard InChI is InChI=1S/C29H28N2O6S/c1-5-11-36-21-8-6-7-18(14-21)24-23(25(33)19-9-10-22-20(13-19)12-15(2)37-22)26(34)28(35)31(24)29-30-16(3)27(38-29)17(4)32/h6-10,13-15,24,33H,5,11-12H2,1-4H3. The first-order valence-electron chi connectivity index (χ1n) is 12.5. The first kappa shape index (κ1) is 25.7. The Morgan fingerprint density at radius 3 is 2.74 bits per heavy atom. The quantitative estimate of drug-likeness (QED) is 0.188. The summed E-state index contributed by atoms with van der Waals surface area (Å²) in [5.41, 5.74) is 2.35. The molecular formula is C29H28N2O6S. The van der Waals surface area contributed by atoms with Gasteiger partial charge in [-0.2, -0.15) is 0 Å². The molecular weight excluding hydrogens is 504 g/mol. The Labute approximate surface area is 224 Å². The zero-order chi connectivity index (χ0) is 27.1. The fourth-order valence-electron chi connectivity index (χ4n) is 4.88. The van der Waals surface area contributed by atoms with Gasteiger partial charge in [-0.25, -0.2) is 4.98 Å². The van der Waals surface area contributed by atoms with Gasteiger partial charge in [0.1, 0.15) is 23.4 Å². The molecule has 2 aliphatic heterocycles. The highest BCUT2D eigenvalue weighted by molar-refractivity contribution is 7.18. The van der Waals surface area contributed by atoms with Crippen LogP contribution in [0.1, 0.15) is 65.3 Å². The third kappa shape index (κ3) is 4.47. The van der Waals surface area contributed by atoms with Crippen LogP contribution < -0.4 is 14.4 Å². The molecule has 5 rings (SSSR count). The van der Waals surface area contributed by atoms with E-state index in [0.29, 0.717) is 40.5 Å². The Hall–Kier alpha value is -3.98. The predicted octanol–water partition coefficient (Wildman–Crippen LogP) is 5.39. The number of aliphatic hydroxyl groups excluding tert-OH is 1. The van der Waals surface area contributed by atoms with Gasteiger partial charge in [0.15, 0.2) is 10.9 Å². The molecule has 2 aromatic carbocycles. The van der Waals surface area contributed by atoms with Crippen LogP contribution in [0.3, 0.4) is 0 Å². The van der Waals surface area contributed by atoms with Crippen molar-refractivity contribution in [3.05, 3.63) is 75.3 Å². The second-order valence-corrected chi connectivity index (χ2v) is 10.5. The summed E-state index contributed by atoms with van der Waals surface area (Å²) < 4.78 is 11.6. The zero-order valence-corrected chi connectivity index (χ0v) is 22.4. The molecule has 1 saturated heterocycles. The van der Waals surface area contributed by atoms with Crippen molar-refractivity contribution in [2.24, 2.45) is 0 Å². The highest BCUT2D eigenvalue weighted by Crippen LogP contribution is 2.45. The van der Waals surface area contributed by atoms with Gasteiger partial charge >= 0.3 is 5.91 Å². The molecule has 1 fully saturated rings. The summed E-state index contributed by atoms with van der Waals surface area (Å²) in [6, 6.07) is 11.4. The third-order valence-corrected chi connectivity index (χ3v) is 7.83. The van der Waals surface area contributed by atoms with E-state index < -0.39 is 17.7 Å². The number of carbonyl (C=O) groups is 3. The van der Waals surface area contributed by atoms with Gasteiger partial charge in [-0.15, -0.1) is 0 Å². The lowest BCUT2D eigenvalue weighted by atomic mass is 9.94. The largest absolute Gasteiger partial charge is 0.507 e. The normalized spacial score (nSPS) is 19.9. The number of ether oxygens (including phenoxy) is 2. The molecule has 2 unspecified atom stereocenters. The molecule has 2 aliphatic rings. The van der Waals surface area contributed by atoms with Crippen molar-refractivity contribution in [1.82, 2.24) is 4.98 Å². The van der Waals surface area contributed by atoms with Gasteiger partial charge in [0.25, 0.3) is 5.78 Å². The van der Waals surface area contributed by atoms with Crippen LogP contribution >= 0.6 is 11.3 Å². The van der Waals surface area contributed by atoms with E-state index in [2.05, 4.69) is 4.98 Å². The smallest absolute Gasteiger partial charge is 0.301 e. The highest BCUT2D eigenvalue weighted by atomic mass is 32.1. The van der Waals surface area contributed by atoms with Crippen LogP contribution in [0.15, 0.2) is 48.0 Å². The molecule has 9 heteroatoms. The maximum Gasteiger partial charge on any atom is 0.301 e. The van der Waals surface area contributed by atoms with E-state index in [9.17, 15) is 19.5 Å². The van der Waals surface area contributed by atoms with Crippen LogP contribution in [-0.2, 0) is 16.0 Å². The molecule has 3 heterocycles. The number of benzene rings is 2. The monoisotopic (exact) mass is 532 g/mol. The Morgan fingerprint density at radius 1 is 1.24 bits per heavy atom. The molecule has 1 N–H and O–H groups in total. The van der Waals surface area contributed by atoms with Crippen LogP contribution in [0, 0.1) is 6.92 Å². The number of nitrogens with zero attached hydrogens (tertiary/aromatic N) is 2. The average molecular weight is 533 g/mol. The minimum Gasteiger partial charge on any atom is -0.507 e. The van der Waals surface area contributed by atoms with E-state index in [-0.39, 0.29) is 28.4 Å². The molecule has 2 atom stereocenters. The van der Waals surface area contributed by atoms with E-state index in [0.717, 1.165) is 29.1 Å². The minimum atomic E-state index is -0.964. The molecule has 0 aliphatic carbocycles. The number of hydrogen-bond donors (Lipinski definition) is 1. The van der Waals surface area contributed by atoms with Crippen LogP contribution in [0.2, 0.25) is 0 Å². The first-order valence-corrected chi connectivity index (χ1v) is 13.3. The summed E-state index contributed by atoms with van der Waals surface area (Å²) in [4.78, 5) is 45.3. The van der Waals surface area contributed by atoms with E-state index >= 15 is 0 Å². The minimum absolute atomic E-state index is 0.0162. The number of fused-ring (bicyclic) bond motifs is 1. The van der Waals surface area contributed by atoms with Crippen LogP contribution in [0.25, 0.3) is 5.76 Å². The number of carbonyl (C=O) groups excluding carboxylic acids is 3. The van der Waals surface area contributed by atoms with Gasteiger partial charge < -0.3 is 14.6 Å². The second kappa shape index (κ2) is 10.1. The molecule has 1 amide bonds. The van der Waals surface area contributed by atoms with E-state index in [1.807, 2.05) is 13.8 Å². The number of aromatic nitrogens is 1. The third-order valence-electron chi connectivity index (χ3n) is 6.57. The molecule has 0 spiro atoms. The molecule has 38 heavy (non-hydrogen) atoms. The van der Waals surface area contributed by atoms with Crippen LogP contribution in [0.5, 0.6) is 11.5 Å². The molecule has 0 radical (unpaired) electrons. The lowest BCUT2D eigenvalue weighted by molar-refractivity contribution is -0.132. The fourth-order valence-corrected chi connectivity index (χ4v) is 5.87. The molecule has 0 bridgehead atoms. The topological polar surface area (TPSA) is 106 Å². The Kier molecular flexibility index (Phi) is 6.79. The van der Waals surface area contributed by atoms with Crippen molar-refractivity contribution in [3.8, 4) is 11.5 Å². The summed E-state index contributed by atoms with van der Waals surface area (Å²) in [5, 5.41) is 11.7. The van der Waals surface area contributed by atoms with Crippen LogP contribution in [0.4, 0.5) is 5.13 Å². The number of hydrogen-bond acceptors (Lipinski definition) is 8. The first-order chi connectivity index (χ1) is 18.2.